The minimum absolute atomic E-state index is 0.748. The Morgan fingerprint density at radius 1 is 1.33 bits per heavy atom. The molecule has 15 heavy (non-hydrogen) atoms. The molecule has 0 bridgehead atoms. The van der Waals surface area contributed by atoms with E-state index in [4.69, 9.17) is 5.73 Å². The van der Waals surface area contributed by atoms with Gasteiger partial charge < -0.3 is 10.6 Å². The van der Waals surface area contributed by atoms with Crippen LogP contribution in [0, 0.1) is 5.92 Å². The summed E-state index contributed by atoms with van der Waals surface area (Å²) in [6.07, 6.45) is 8.98. The molecule has 0 saturated heterocycles. The molecule has 0 aromatic carbocycles. The zero-order valence-corrected chi connectivity index (χ0v) is 11.1. The third-order valence-electron chi connectivity index (χ3n) is 3.60. The quantitative estimate of drug-likeness (QED) is 0.709. The normalized spacial score (nSPS) is 27.2. The van der Waals surface area contributed by atoms with Crippen LogP contribution in [0.1, 0.15) is 32.1 Å². The second-order valence-electron chi connectivity index (χ2n) is 4.67. The van der Waals surface area contributed by atoms with E-state index in [0.717, 1.165) is 18.5 Å². The van der Waals surface area contributed by atoms with Gasteiger partial charge >= 0.3 is 0 Å². The summed E-state index contributed by atoms with van der Waals surface area (Å²) >= 11 is 1.95. The Balaban J connectivity index is 2.31. The summed E-state index contributed by atoms with van der Waals surface area (Å²) in [6.45, 7) is 2.11. The number of hydrogen-bond donors (Lipinski definition) is 1. The van der Waals surface area contributed by atoms with Crippen molar-refractivity contribution >= 4 is 11.8 Å². The maximum absolute atomic E-state index is 5.86. The monoisotopic (exact) mass is 230 g/mol. The minimum atomic E-state index is 0.748. The first-order chi connectivity index (χ1) is 7.29. The molecule has 2 atom stereocenters. The highest BCUT2D eigenvalue weighted by Gasteiger charge is 2.26. The summed E-state index contributed by atoms with van der Waals surface area (Å²) in [5, 5.41) is 0. The summed E-state index contributed by atoms with van der Waals surface area (Å²) in [6, 6.07) is 0.755. The smallest absolute Gasteiger partial charge is 0.0132 e. The van der Waals surface area contributed by atoms with Crippen LogP contribution in [0.5, 0.6) is 0 Å². The topological polar surface area (TPSA) is 29.3 Å². The van der Waals surface area contributed by atoms with Crippen LogP contribution >= 0.6 is 11.8 Å². The SMILES string of the molecule is CSCCCN(C)C1CCCCC1CN. The Morgan fingerprint density at radius 3 is 2.73 bits per heavy atom. The van der Waals surface area contributed by atoms with Crippen LogP contribution in [0.4, 0.5) is 0 Å². The van der Waals surface area contributed by atoms with Gasteiger partial charge in [0.25, 0.3) is 0 Å². The number of rotatable bonds is 6. The minimum Gasteiger partial charge on any atom is -0.330 e. The van der Waals surface area contributed by atoms with Crippen molar-refractivity contribution in [3.8, 4) is 0 Å². The third-order valence-corrected chi connectivity index (χ3v) is 4.29. The maximum atomic E-state index is 5.86. The fourth-order valence-electron chi connectivity index (χ4n) is 2.67. The van der Waals surface area contributed by atoms with Crippen molar-refractivity contribution in [3.05, 3.63) is 0 Å². The lowest BCUT2D eigenvalue weighted by molar-refractivity contribution is 0.134. The molecule has 0 aromatic rings. The molecule has 2 N–H and O–H groups in total. The molecule has 3 heteroatoms. The van der Waals surface area contributed by atoms with Gasteiger partial charge in [-0.15, -0.1) is 0 Å². The van der Waals surface area contributed by atoms with Crippen molar-refractivity contribution in [1.82, 2.24) is 4.90 Å². The van der Waals surface area contributed by atoms with Gasteiger partial charge in [-0.2, -0.15) is 11.8 Å². The molecule has 1 aliphatic carbocycles. The van der Waals surface area contributed by atoms with Gasteiger partial charge in [-0.3, -0.25) is 0 Å². The van der Waals surface area contributed by atoms with E-state index in [0.29, 0.717) is 0 Å². The number of nitrogens with zero attached hydrogens (tertiary/aromatic N) is 1. The van der Waals surface area contributed by atoms with Gasteiger partial charge in [-0.1, -0.05) is 12.8 Å². The largest absolute Gasteiger partial charge is 0.330 e. The van der Waals surface area contributed by atoms with Gasteiger partial charge in [0.2, 0.25) is 0 Å². The van der Waals surface area contributed by atoms with Gasteiger partial charge in [0.15, 0.2) is 0 Å². The fraction of sp³-hybridized carbons (Fsp3) is 1.00. The molecular formula is C12H26N2S. The Bertz CT molecular complexity index is 164. The molecular weight excluding hydrogens is 204 g/mol. The molecule has 0 spiro atoms. The van der Waals surface area contributed by atoms with E-state index in [9.17, 15) is 0 Å². The summed E-state index contributed by atoms with van der Waals surface area (Å²) in [7, 11) is 2.28. The molecule has 0 heterocycles. The maximum Gasteiger partial charge on any atom is 0.0132 e. The first-order valence-electron chi connectivity index (χ1n) is 6.18. The first kappa shape index (κ1) is 13.3. The number of nitrogens with two attached hydrogens (primary N) is 1. The standard InChI is InChI=1S/C12H26N2S/c1-14(8-5-9-15-2)12-7-4-3-6-11(12)10-13/h11-12H,3-10,13H2,1-2H3. The van der Waals surface area contributed by atoms with Crippen molar-refractivity contribution in [3.63, 3.8) is 0 Å². The molecule has 1 aliphatic rings. The van der Waals surface area contributed by atoms with Crippen LogP contribution in [0.3, 0.4) is 0 Å². The Kier molecular flexibility index (Phi) is 6.69. The highest BCUT2D eigenvalue weighted by Crippen LogP contribution is 2.27. The highest BCUT2D eigenvalue weighted by atomic mass is 32.2. The van der Waals surface area contributed by atoms with Crippen molar-refractivity contribution in [2.45, 2.75) is 38.1 Å². The lowest BCUT2D eigenvalue weighted by Crippen LogP contribution is -2.43. The van der Waals surface area contributed by atoms with Crippen molar-refractivity contribution < 1.29 is 0 Å². The second-order valence-corrected chi connectivity index (χ2v) is 5.66. The summed E-state index contributed by atoms with van der Waals surface area (Å²) in [4.78, 5) is 2.55. The van der Waals surface area contributed by atoms with E-state index in [1.807, 2.05) is 11.8 Å². The Hall–Kier alpha value is 0.270. The molecule has 90 valence electrons. The van der Waals surface area contributed by atoms with Crippen LogP contribution in [-0.2, 0) is 0 Å². The highest BCUT2D eigenvalue weighted by molar-refractivity contribution is 7.98. The Labute approximate surface area is 99.0 Å². The Morgan fingerprint density at radius 2 is 2.07 bits per heavy atom. The zero-order valence-electron chi connectivity index (χ0n) is 10.2. The third kappa shape index (κ3) is 4.33. The summed E-state index contributed by atoms with van der Waals surface area (Å²) in [5.41, 5.74) is 5.86. The van der Waals surface area contributed by atoms with Gasteiger partial charge in [0.05, 0.1) is 0 Å². The van der Waals surface area contributed by atoms with Crippen molar-refractivity contribution in [1.29, 1.82) is 0 Å². The van der Waals surface area contributed by atoms with E-state index in [1.165, 1.54) is 44.4 Å². The molecule has 1 fully saturated rings. The number of thioether (sulfide) groups is 1. The lowest BCUT2D eigenvalue weighted by Gasteiger charge is -2.37. The van der Waals surface area contributed by atoms with Gasteiger partial charge in [-0.25, -0.2) is 0 Å². The first-order valence-corrected chi connectivity index (χ1v) is 7.58. The molecule has 1 saturated carbocycles. The van der Waals surface area contributed by atoms with E-state index in [2.05, 4.69) is 18.2 Å². The molecule has 0 aromatic heterocycles. The van der Waals surface area contributed by atoms with Crippen molar-refractivity contribution in [2.75, 3.05) is 32.1 Å². The van der Waals surface area contributed by atoms with Gasteiger partial charge in [-0.05, 0) is 57.3 Å². The molecule has 2 unspecified atom stereocenters. The van der Waals surface area contributed by atoms with E-state index < -0.39 is 0 Å². The number of hydrogen-bond acceptors (Lipinski definition) is 3. The van der Waals surface area contributed by atoms with E-state index >= 15 is 0 Å². The van der Waals surface area contributed by atoms with Crippen LogP contribution in [-0.4, -0.2) is 43.1 Å². The molecule has 0 radical (unpaired) electrons. The summed E-state index contributed by atoms with van der Waals surface area (Å²) in [5.74, 6) is 2.03. The van der Waals surface area contributed by atoms with Crippen LogP contribution in [0.25, 0.3) is 0 Å². The molecule has 0 aliphatic heterocycles. The van der Waals surface area contributed by atoms with E-state index in [-0.39, 0.29) is 0 Å². The van der Waals surface area contributed by atoms with Crippen molar-refractivity contribution in [2.24, 2.45) is 11.7 Å². The molecule has 0 amide bonds. The predicted molar refractivity (Wildman–Crippen MR) is 70.4 cm³/mol. The predicted octanol–water partition coefficient (Wildman–Crippen LogP) is 2.19. The summed E-state index contributed by atoms with van der Waals surface area (Å²) < 4.78 is 0. The van der Waals surface area contributed by atoms with E-state index in [1.54, 1.807) is 0 Å². The average molecular weight is 230 g/mol. The molecule has 1 rings (SSSR count). The van der Waals surface area contributed by atoms with Crippen LogP contribution < -0.4 is 5.73 Å². The van der Waals surface area contributed by atoms with Gasteiger partial charge in [0.1, 0.15) is 0 Å². The zero-order chi connectivity index (χ0) is 11.1. The molecule has 2 nitrogen and oxygen atoms in total. The average Bonchev–Trinajstić information content (AvgIpc) is 2.29. The van der Waals surface area contributed by atoms with Crippen LogP contribution in [0.2, 0.25) is 0 Å². The lowest BCUT2D eigenvalue weighted by atomic mass is 9.83. The fourth-order valence-corrected chi connectivity index (χ4v) is 3.09. The second kappa shape index (κ2) is 7.53. The van der Waals surface area contributed by atoms with Gasteiger partial charge in [0, 0.05) is 6.04 Å². The van der Waals surface area contributed by atoms with Crippen LogP contribution in [0.15, 0.2) is 0 Å².